The van der Waals surface area contributed by atoms with Gasteiger partial charge in [-0.05, 0) is 56.7 Å². The van der Waals surface area contributed by atoms with Crippen molar-refractivity contribution in [3.05, 3.63) is 12.3 Å². The number of ether oxygens (including phenoxy) is 1. The number of carbonyl (C=O) groups excluding carboxylic acids is 1. The second-order valence-corrected chi connectivity index (χ2v) is 8.32. The molecular weight excluding hydrogens is 356 g/mol. The van der Waals surface area contributed by atoms with Gasteiger partial charge in [-0.1, -0.05) is 0 Å². The van der Waals surface area contributed by atoms with Gasteiger partial charge in [-0.2, -0.15) is 4.98 Å². The summed E-state index contributed by atoms with van der Waals surface area (Å²) in [4.78, 5) is 25.5. The third kappa shape index (κ3) is 5.32. The number of amides is 1. The Morgan fingerprint density at radius 3 is 2.71 bits per heavy atom. The van der Waals surface area contributed by atoms with Gasteiger partial charge in [0.2, 0.25) is 11.9 Å². The van der Waals surface area contributed by atoms with Crippen molar-refractivity contribution in [2.75, 3.05) is 63.6 Å². The summed E-state index contributed by atoms with van der Waals surface area (Å²) in [5, 5.41) is 6.23. The summed E-state index contributed by atoms with van der Waals surface area (Å²) >= 11 is 0. The molecule has 1 aliphatic carbocycles. The number of nitrogens with zero attached hydrogens (tertiary/aromatic N) is 4. The summed E-state index contributed by atoms with van der Waals surface area (Å²) < 4.78 is 5.72. The van der Waals surface area contributed by atoms with E-state index in [4.69, 9.17) is 4.74 Å². The van der Waals surface area contributed by atoms with E-state index in [1.165, 1.54) is 45.3 Å². The van der Waals surface area contributed by atoms with E-state index in [0.29, 0.717) is 25.0 Å². The van der Waals surface area contributed by atoms with E-state index in [0.717, 1.165) is 18.3 Å². The van der Waals surface area contributed by atoms with Crippen LogP contribution in [0.1, 0.15) is 25.7 Å². The van der Waals surface area contributed by atoms with Crippen molar-refractivity contribution in [2.45, 2.75) is 31.8 Å². The maximum Gasteiger partial charge on any atom is 0.248 e. The van der Waals surface area contributed by atoms with Crippen molar-refractivity contribution in [2.24, 2.45) is 11.8 Å². The van der Waals surface area contributed by atoms with Crippen LogP contribution in [-0.4, -0.2) is 84.7 Å². The van der Waals surface area contributed by atoms with Gasteiger partial charge in [0.15, 0.2) is 0 Å². The lowest BCUT2D eigenvalue weighted by Gasteiger charge is -2.38. The second-order valence-electron chi connectivity index (χ2n) is 8.32. The molecule has 3 aliphatic rings. The van der Waals surface area contributed by atoms with Gasteiger partial charge in [-0.3, -0.25) is 4.79 Å². The monoisotopic (exact) mass is 388 g/mol. The Labute approximate surface area is 167 Å². The molecular formula is C20H32N6O2. The fraction of sp³-hybridized carbons (Fsp3) is 0.750. The van der Waals surface area contributed by atoms with Crippen molar-refractivity contribution < 1.29 is 9.53 Å². The Morgan fingerprint density at radius 1 is 1.18 bits per heavy atom. The van der Waals surface area contributed by atoms with Crippen molar-refractivity contribution in [1.29, 1.82) is 0 Å². The second kappa shape index (κ2) is 9.05. The summed E-state index contributed by atoms with van der Waals surface area (Å²) in [6.07, 6.45) is 6.92. The minimum atomic E-state index is -0.0329. The Balaban J connectivity index is 1.22. The molecule has 28 heavy (non-hydrogen) atoms. The summed E-state index contributed by atoms with van der Waals surface area (Å²) in [6, 6.07) is 1.82. The van der Waals surface area contributed by atoms with Crippen LogP contribution in [0.5, 0.6) is 0 Å². The fourth-order valence-electron chi connectivity index (χ4n) is 4.10. The molecule has 2 aliphatic heterocycles. The highest BCUT2D eigenvalue weighted by Crippen LogP contribution is 2.31. The van der Waals surface area contributed by atoms with Crippen LogP contribution in [0, 0.1) is 11.8 Å². The van der Waals surface area contributed by atoms with Gasteiger partial charge in [-0.15, -0.1) is 0 Å². The molecule has 1 atom stereocenters. The maximum absolute atomic E-state index is 12.3. The molecule has 8 heteroatoms. The number of anilines is 2. The first kappa shape index (κ1) is 19.4. The van der Waals surface area contributed by atoms with Crippen molar-refractivity contribution in [3.63, 3.8) is 0 Å². The Kier molecular flexibility index (Phi) is 6.26. The Hall–Kier alpha value is -1.93. The first-order valence-corrected chi connectivity index (χ1v) is 10.6. The number of carbonyl (C=O) groups is 1. The van der Waals surface area contributed by atoms with E-state index in [1.54, 1.807) is 6.20 Å². The van der Waals surface area contributed by atoms with E-state index < -0.39 is 0 Å². The highest BCUT2D eigenvalue weighted by atomic mass is 16.5. The smallest absolute Gasteiger partial charge is 0.248 e. The number of hydrogen-bond acceptors (Lipinski definition) is 7. The summed E-state index contributed by atoms with van der Waals surface area (Å²) in [7, 11) is 1.83. The molecule has 3 fully saturated rings. The first-order valence-electron chi connectivity index (χ1n) is 10.6. The maximum atomic E-state index is 12.3. The Morgan fingerprint density at radius 2 is 1.96 bits per heavy atom. The predicted molar refractivity (Wildman–Crippen MR) is 108 cm³/mol. The lowest BCUT2D eigenvalue weighted by Crippen LogP contribution is -2.51. The van der Waals surface area contributed by atoms with Gasteiger partial charge in [0.05, 0.1) is 6.10 Å². The molecule has 0 aromatic carbocycles. The predicted octanol–water partition coefficient (Wildman–Crippen LogP) is 1.28. The van der Waals surface area contributed by atoms with Crippen molar-refractivity contribution in [1.82, 2.24) is 19.8 Å². The molecule has 154 valence electrons. The van der Waals surface area contributed by atoms with Crippen LogP contribution in [0.15, 0.2) is 12.3 Å². The fourth-order valence-corrected chi connectivity index (χ4v) is 4.10. The quantitative estimate of drug-likeness (QED) is 0.694. The molecule has 1 aromatic rings. The zero-order valence-corrected chi connectivity index (χ0v) is 16.8. The number of likely N-dealkylation sites (tertiary alicyclic amines) is 1. The van der Waals surface area contributed by atoms with Gasteiger partial charge >= 0.3 is 0 Å². The molecule has 1 saturated carbocycles. The SMILES string of the molecule is CNc1ccnc(NC[C@H]2CN(CC3CCN(CC4CC4)CC3)C(=O)CO2)n1. The molecule has 1 amide bonds. The minimum Gasteiger partial charge on any atom is -0.373 e. The van der Waals surface area contributed by atoms with Gasteiger partial charge in [-0.25, -0.2) is 4.98 Å². The summed E-state index contributed by atoms with van der Waals surface area (Å²) in [5.41, 5.74) is 0. The third-order valence-electron chi connectivity index (χ3n) is 6.02. The summed E-state index contributed by atoms with van der Waals surface area (Å²) in [6.45, 7) is 5.92. The van der Waals surface area contributed by atoms with E-state index in [1.807, 2.05) is 18.0 Å². The molecule has 0 bridgehead atoms. The normalized spacial score (nSPS) is 24.4. The lowest BCUT2D eigenvalue weighted by atomic mass is 9.95. The zero-order chi connectivity index (χ0) is 19.3. The van der Waals surface area contributed by atoms with Gasteiger partial charge in [0.25, 0.3) is 0 Å². The summed E-state index contributed by atoms with van der Waals surface area (Å²) in [5.74, 6) is 3.03. The van der Waals surface area contributed by atoms with E-state index in [2.05, 4.69) is 25.5 Å². The molecule has 0 radical (unpaired) electrons. The molecule has 2 saturated heterocycles. The number of aromatic nitrogens is 2. The lowest BCUT2D eigenvalue weighted by molar-refractivity contribution is -0.149. The number of nitrogens with one attached hydrogen (secondary N) is 2. The van der Waals surface area contributed by atoms with Gasteiger partial charge in [0, 0.05) is 39.4 Å². The van der Waals surface area contributed by atoms with Crippen LogP contribution in [0.3, 0.4) is 0 Å². The third-order valence-corrected chi connectivity index (χ3v) is 6.02. The van der Waals surface area contributed by atoms with E-state index in [-0.39, 0.29) is 18.6 Å². The van der Waals surface area contributed by atoms with Gasteiger partial charge < -0.3 is 25.2 Å². The Bertz CT molecular complexity index is 660. The average molecular weight is 389 g/mol. The number of rotatable bonds is 8. The topological polar surface area (TPSA) is 82.6 Å². The van der Waals surface area contributed by atoms with Crippen LogP contribution in [-0.2, 0) is 9.53 Å². The standard InChI is InChI=1S/C20H32N6O2/c1-21-18-4-7-22-20(24-18)23-10-17-13-26(19(27)14-28-17)12-16-5-8-25(9-6-16)11-15-2-3-15/h4,7,15-17H,2-3,5-6,8-14H2,1H3,(H2,21,22,23,24)/t17-/m0/s1. The molecule has 1 aromatic heterocycles. The molecule has 4 rings (SSSR count). The largest absolute Gasteiger partial charge is 0.373 e. The molecule has 3 heterocycles. The number of piperidine rings is 1. The van der Waals surface area contributed by atoms with E-state index in [9.17, 15) is 4.79 Å². The van der Waals surface area contributed by atoms with Crippen molar-refractivity contribution >= 4 is 17.7 Å². The zero-order valence-electron chi connectivity index (χ0n) is 16.8. The molecule has 0 unspecified atom stereocenters. The van der Waals surface area contributed by atoms with Crippen LogP contribution in [0.4, 0.5) is 11.8 Å². The van der Waals surface area contributed by atoms with E-state index >= 15 is 0 Å². The minimum absolute atomic E-state index is 0.0329. The molecule has 8 nitrogen and oxygen atoms in total. The number of morpholine rings is 1. The van der Waals surface area contributed by atoms with Crippen LogP contribution < -0.4 is 10.6 Å². The average Bonchev–Trinajstić information content (AvgIpc) is 3.54. The van der Waals surface area contributed by atoms with Gasteiger partial charge in [0.1, 0.15) is 12.4 Å². The molecule has 2 N–H and O–H groups in total. The van der Waals surface area contributed by atoms with Crippen LogP contribution >= 0.6 is 0 Å². The highest BCUT2D eigenvalue weighted by Gasteiger charge is 2.31. The number of hydrogen-bond donors (Lipinski definition) is 2. The van der Waals surface area contributed by atoms with Crippen LogP contribution in [0.25, 0.3) is 0 Å². The van der Waals surface area contributed by atoms with Crippen LogP contribution in [0.2, 0.25) is 0 Å². The molecule has 0 spiro atoms. The highest BCUT2D eigenvalue weighted by molar-refractivity contribution is 5.78. The van der Waals surface area contributed by atoms with Crippen molar-refractivity contribution in [3.8, 4) is 0 Å². The first-order chi connectivity index (χ1) is 13.7.